The number of thiophene rings is 1. The van der Waals surface area contributed by atoms with Crippen molar-refractivity contribution in [2.45, 2.75) is 0 Å². The Labute approximate surface area is 74.4 Å². The van der Waals surface area contributed by atoms with Crippen molar-refractivity contribution in [2.24, 2.45) is 0 Å². The third-order valence-corrected chi connectivity index (χ3v) is 3.01. The molecular formula is C9H6ClS. The third-order valence-electron chi connectivity index (χ3n) is 1.55. The third kappa shape index (κ3) is 1.15. The standard InChI is InChI=1S/C9H6ClS/c1-6-5-7-3-2-4-8(10)9(7)11-6/h2-5H,1H2. The molecule has 1 aromatic carbocycles. The maximum absolute atomic E-state index is 5.95. The molecule has 2 heteroatoms. The van der Waals surface area contributed by atoms with Crippen LogP contribution in [0.2, 0.25) is 5.02 Å². The fourth-order valence-electron chi connectivity index (χ4n) is 1.08. The Morgan fingerprint density at radius 2 is 2.18 bits per heavy atom. The maximum atomic E-state index is 5.95. The summed E-state index contributed by atoms with van der Waals surface area (Å²) >= 11 is 7.59. The van der Waals surface area contributed by atoms with Crippen molar-refractivity contribution in [3.8, 4) is 0 Å². The Hall–Kier alpha value is -0.530. The zero-order chi connectivity index (χ0) is 7.84. The second-order valence-corrected chi connectivity index (χ2v) is 3.91. The average molecular weight is 182 g/mol. The van der Waals surface area contributed by atoms with Crippen molar-refractivity contribution in [1.29, 1.82) is 0 Å². The van der Waals surface area contributed by atoms with Gasteiger partial charge in [0.2, 0.25) is 0 Å². The molecule has 2 aromatic rings. The summed E-state index contributed by atoms with van der Waals surface area (Å²) in [7, 11) is 0. The molecule has 11 heavy (non-hydrogen) atoms. The lowest BCUT2D eigenvalue weighted by Crippen LogP contribution is -1.62. The molecule has 0 atom stereocenters. The molecule has 0 aliphatic carbocycles. The van der Waals surface area contributed by atoms with Gasteiger partial charge in [-0.1, -0.05) is 23.7 Å². The van der Waals surface area contributed by atoms with Gasteiger partial charge in [-0.3, -0.25) is 0 Å². The van der Waals surface area contributed by atoms with Gasteiger partial charge in [0.15, 0.2) is 0 Å². The van der Waals surface area contributed by atoms with E-state index in [2.05, 4.69) is 6.92 Å². The van der Waals surface area contributed by atoms with E-state index in [1.807, 2.05) is 24.3 Å². The normalized spacial score (nSPS) is 10.7. The van der Waals surface area contributed by atoms with E-state index in [-0.39, 0.29) is 0 Å². The molecule has 0 spiro atoms. The molecule has 0 aliphatic rings. The SMILES string of the molecule is [CH2]c1cc2cccc(Cl)c2s1. The summed E-state index contributed by atoms with van der Waals surface area (Å²) in [5.41, 5.74) is 0. The van der Waals surface area contributed by atoms with Crippen LogP contribution in [0.5, 0.6) is 0 Å². The minimum Gasteiger partial charge on any atom is -0.139 e. The van der Waals surface area contributed by atoms with Crippen LogP contribution in [-0.4, -0.2) is 0 Å². The molecule has 1 heterocycles. The van der Waals surface area contributed by atoms with E-state index in [0.717, 1.165) is 14.6 Å². The van der Waals surface area contributed by atoms with Crippen LogP contribution in [-0.2, 0) is 0 Å². The van der Waals surface area contributed by atoms with Crippen LogP contribution in [0.4, 0.5) is 0 Å². The van der Waals surface area contributed by atoms with Gasteiger partial charge in [0.05, 0.1) is 9.72 Å². The molecule has 0 unspecified atom stereocenters. The molecule has 0 fully saturated rings. The van der Waals surface area contributed by atoms with Crippen molar-refractivity contribution in [2.75, 3.05) is 0 Å². The van der Waals surface area contributed by atoms with E-state index < -0.39 is 0 Å². The lowest BCUT2D eigenvalue weighted by molar-refractivity contribution is 1.84. The Balaban J connectivity index is 2.90. The number of hydrogen-bond acceptors (Lipinski definition) is 1. The zero-order valence-corrected chi connectivity index (χ0v) is 7.38. The average Bonchev–Trinajstić information content (AvgIpc) is 2.31. The molecule has 55 valence electrons. The van der Waals surface area contributed by atoms with Crippen LogP contribution in [0, 0.1) is 6.92 Å². The van der Waals surface area contributed by atoms with E-state index in [9.17, 15) is 0 Å². The monoisotopic (exact) mass is 181 g/mol. The van der Waals surface area contributed by atoms with Gasteiger partial charge < -0.3 is 0 Å². The van der Waals surface area contributed by atoms with Gasteiger partial charge in [0, 0.05) is 4.88 Å². The predicted molar refractivity (Wildman–Crippen MR) is 51.3 cm³/mol. The van der Waals surface area contributed by atoms with Crippen LogP contribution < -0.4 is 0 Å². The summed E-state index contributed by atoms with van der Waals surface area (Å²) in [6.07, 6.45) is 0. The van der Waals surface area contributed by atoms with E-state index >= 15 is 0 Å². The second kappa shape index (κ2) is 2.50. The van der Waals surface area contributed by atoms with Gasteiger partial charge in [0.25, 0.3) is 0 Å². The van der Waals surface area contributed by atoms with E-state index in [4.69, 9.17) is 11.6 Å². The van der Waals surface area contributed by atoms with E-state index in [0.29, 0.717) is 0 Å². The van der Waals surface area contributed by atoms with Crippen LogP contribution in [0.3, 0.4) is 0 Å². The van der Waals surface area contributed by atoms with Crippen LogP contribution in [0.1, 0.15) is 4.88 Å². The Bertz CT molecular complexity index is 389. The van der Waals surface area contributed by atoms with Gasteiger partial charge in [-0.15, -0.1) is 11.3 Å². The molecule has 0 nitrogen and oxygen atoms in total. The zero-order valence-electron chi connectivity index (χ0n) is 5.80. The highest BCUT2D eigenvalue weighted by atomic mass is 35.5. The minimum absolute atomic E-state index is 0.822. The van der Waals surface area contributed by atoms with Gasteiger partial charge in [-0.2, -0.15) is 0 Å². The highest BCUT2D eigenvalue weighted by Gasteiger charge is 2.00. The van der Waals surface area contributed by atoms with Crippen LogP contribution in [0.15, 0.2) is 24.3 Å². The number of benzene rings is 1. The fourth-order valence-corrected chi connectivity index (χ4v) is 2.24. The molecule has 2 rings (SSSR count). The molecule has 1 radical (unpaired) electrons. The molecule has 0 saturated carbocycles. The first-order chi connectivity index (χ1) is 5.27. The molecule has 1 aromatic heterocycles. The first-order valence-corrected chi connectivity index (χ1v) is 4.47. The highest BCUT2D eigenvalue weighted by molar-refractivity contribution is 7.19. The lowest BCUT2D eigenvalue weighted by atomic mass is 10.2. The second-order valence-electron chi connectivity index (χ2n) is 2.37. The van der Waals surface area contributed by atoms with Gasteiger partial charge >= 0.3 is 0 Å². The summed E-state index contributed by atoms with van der Waals surface area (Å²) in [6.45, 7) is 3.86. The van der Waals surface area contributed by atoms with Crippen LogP contribution >= 0.6 is 22.9 Å². The first-order valence-electron chi connectivity index (χ1n) is 3.27. The largest absolute Gasteiger partial charge is 0.139 e. The van der Waals surface area contributed by atoms with Crippen molar-refractivity contribution in [3.05, 3.63) is 41.1 Å². The number of rotatable bonds is 0. The Kier molecular flexibility index (Phi) is 1.63. The summed E-state index contributed by atoms with van der Waals surface area (Å²) < 4.78 is 1.14. The first kappa shape index (κ1) is 7.14. The van der Waals surface area contributed by atoms with Crippen molar-refractivity contribution < 1.29 is 0 Å². The quantitative estimate of drug-likeness (QED) is 0.581. The molecule has 0 bridgehead atoms. The predicted octanol–water partition coefficient (Wildman–Crippen LogP) is 3.74. The number of hydrogen-bond donors (Lipinski definition) is 0. The Morgan fingerprint density at radius 1 is 1.36 bits per heavy atom. The smallest absolute Gasteiger partial charge is 0.0584 e. The summed E-state index contributed by atoms with van der Waals surface area (Å²) in [4.78, 5) is 1.06. The fraction of sp³-hybridized carbons (Fsp3) is 0. The molecule has 0 N–H and O–H groups in total. The van der Waals surface area contributed by atoms with Gasteiger partial charge in [0.1, 0.15) is 0 Å². The topological polar surface area (TPSA) is 0 Å². The molecule has 0 saturated heterocycles. The minimum atomic E-state index is 0.822. The summed E-state index contributed by atoms with van der Waals surface area (Å²) in [5.74, 6) is 0. The lowest BCUT2D eigenvalue weighted by Gasteiger charge is -1.89. The number of halogens is 1. The van der Waals surface area contributed by atoms with Crippen molar-refractivity contribution in [1.82, 2.24) is 0 Å². The molecular weight excluding hydrogens is 176 g/mol. The van der Waals surface area contributed by atoms with Crippen molar-refractivity contribution in [3.63, 3.8) is 0 Å². The van der Waals surface area contributed by atoms with Crippen LogP contribution in [0.25, 0.3) is 10.1 Å². The van der Waals surface area contributed by atoms with Crippen molar-refractivity contribution >= 4 is 33.0 Å². The summed E-state index contributed by atoms with van der Waals surface area (Å²) in [5, 5.41) is 2.01. The summed E-state index contributed by atoms with van der Waals surface area (Å²) in [6, 6.07) is 7.95. The van der Waals surface area contributed by atoms with Gasteiger partial charge in [-0.05, 0) is 24.4 Å². The maximum Gasteiger partial charge on any atom is 0.0584 e. The number of fused-ring (bicyclic) bond motifs is 1. The van der Waals surface area contributed by atoms with E-state index in [1.54, 1.807) is 11.3 Å². The molecule has 0 aliphatic heterocycles. The van der Waals surface area contributed by atoms with Gasteiger partial charge in [-0.25, -0.2) is 0 Å². The molecule has 0 amide bonds. The highest BCUT2D eigenvalue weighted by Crippen LogP contribution is 2.30. The van der Waals surface area contributed by atoms with E-state index in [1.165, 1.54) is 5.39 Å². The Morgan fingerprint density at radius 3 is 2.91 bits per heavy atom.